The Morgan fingerprint density at radius 1 is 1.25 bits per heavy atom. The molecule has 32 heavy (non-hydrogen) atoms. The lowest BCUT2D eigenvalue weighted by Crippen LogP contribution is -2.49. The fourth-order valence-electron chi connectivity index (χ4n) is 3.76. The summed E-state index contributed by atoms with van der Waals surface area (Å²) in [5, 5.41) is 2.29. The van der Waals surface area contributed by atoms with Crippen molar-refractivity contribution in [2.45, 2.75) is 12.5 Å². The molecule has 1 aliphatic heterocycles. The van der Waals surface area contributed by atoms with E-state index >= 15 is 4.39 Å². The molecular weight excluding hydrogens is 435 g/mol. The van der Waals surface area contributed by atoms with Crippen LogP contribution in [-0.2, 0) is 4.79 Å². The van der Waals surface area contributed by atoms with Crippen molar-refractivity contribution in [2.75, 3.05) is 51.0 Å². The van der Waals surface area contributed by atoms with Crippen molar-refractivity contribution in [3.63, 3.8) is 0 Å². The zero-order valence-electron chi connectivity index (χ0n) is 17.9. The van der Waals surface area contributed by atoms with Crippen LogP contribution in [0.4, 0.5) is 16.2 Å². The highest BCUT2D eigenvalue weighted by atomic mass is 32.1. The second kappa shape index (κ2) is 9.13. The molecule has 11 heteroatoms. The molecular formula is C21H25FN6O3S. The van der Waals surface area contributed by atoms with Crippen LogP contribution < -0.4 is 25.8 Å². The largest absolute Gasteiger partial charge is 0.493 e. The highest BCUT2D eigenvalue weighted by Gasteiger charge is 2.26. The van der Waals surface area contributed by atoms with Gasteiger partial charge in [-0.25, -0.2) is 9.37 Å². The fourth-order valence-corrected chi connectivity index (χ4v) is 4.49. The minimum Gasteiger partial charge on any atom is -0.493 e. The van der Waals surface area contributed by atoms with Gasteiger partial charge >= 0.3 is 0 Å². The smallest absolute Gasteiger partial charge is 0.228 e. The molecule has 1 fully saturated rings. The lowest BCUT2D eigenvalue weighted by Gasteiger charge is -2.35. The molecule has 1 aromatic carbocycles. The van der Waals surface area contributed by atoms with E-state index in [1.54, 1.807) is 22.3 Å². The number of nitrogen functional groups attached to an aromatic ring is 1. The number of piperazine rings is 1. The minimum atomic E-state index is -0.659. The maximum atomic E-state index is 15.0. The number of carbonyl (C=O) groups is 1. The summed E-state index contributed by atoms with van der Waals surface area (Å²) in [5.41, 5.74) is 12.3. The molecule has 9 nitrogen and oxygen atoms in total. The third kappa shape index (κ3) is 4.13. The van der Waals surface area contributed by atoms with Gasteiger partial charge in [-0.15, -0.1) is 11.3 Å². The molecule has 4 rings (SSSR count). The van der Waals surface area contributed by atoms with Gasteiger partial charge in [0, 0.05) is 48.9 Å². The number of anilines is 2. The summed E-state index contributed by atoms with van der Waals surface area (Å²) in [6.07, 6.45) is 0.257. The molecule has 1 aliphatic rings. The van der Waals surface area contributed by atoms with Crippen molar-refractivity contribution < 1.29 is 18.7 Å². The van der Waals surface area contributed by atoms with Gasteiger partial charge in [0.2, 0.25) is 11.9 Å². The minimum absolute atomic E-state index is 0.00682. The molecule has 3 aromatic rings. The highest BCUT2D eigenvalue weighted by Crippen LogP contribution is 2.37. The Morgan fingerprint density at radius 2 is 2.00 bits per heavy atom. The molecule has 0 unspecified atom stereocenters. The van der Waals surface area contributed by atoms with Gasteiger partial charge in [0.25, 0.3) is 0 Å². The van der Waals surface area contributed by atoms with Gasteiger partial charge in [0.1, 0.15) is 11.3 Å². The van der Waals surface area contributed by atoms with E-state index < -0.39 is 5.82 Å². The number of aromatic nitrogens is 2. The zero-order valence-corrected chi connectivity index (χ0v) is 18.7. The van der Waals surface area contributed by atoms with Crippen LogP contribution in [0.1, 0.15) is 17.3 Å². The number of hydrogen-bond donors (Lipinski definition) is 2. The Labute approximate surface area is 188 Å². The van der Waals surface area contributed by atoms with E-state index in [0.717, 1.165) is 4.88 Å². The molecule has 0 bridgehead atoms. The van der Waals surface area contributed by atoms with E-state index in [1.807, 2.05) is 22.4 Å². The fraction of sp³-hybridized carbons (Fsp3) is 0.381. The number of benzene rings is 1. The summed E-state index contributed by atoms with van der Waals surface area (Å²) in [4.78, 5) is 26.1. The molecule has 3 heterocycles. The number of nitrogens with two attached hydrogens (primary N) is 2. The number of halogens is 1. The number of rotatable bonds is 6. The first-order chi connectivity index (χ1) is 15.4. The molecule has 4 N–H and O–H groups in total. The van der Waals surface area contributed by atoms with Crippen molar-refractivity contribution in [2.24, 2.45) is 5.73 Å². The topological polar surface area (TPSA) is 120 Å². The molecule has 170 valence electrons. The monoisotopic (exact) mass is 460 g/mol. The van der Waals surface area contributed by atoms with Crippen molar-refractivity contribution >= 4 is 39.9 Å². The second-order valence-electron chi connectivity index (χ2n) is 7.42. The predicted molar refractivity (Wildman–Crippen MR) is 122 cm³/mol. The summed E-state index contributed by atoms with van der Waals surface area (Å²) in [6.45, 7) is 1.98. The number of nitrogens with zero attached hydrogens (tertiary/aromatic N) is 4. The normalized spacial score (nSPS) is 15.1. The molecule has 1 atom stereocenters. The average Bonchev–Trinajstić information content (AvgIpc) is 3.34. The highest BCUT2D eigenvalue weighted by molar-refractivity contribution is 7.10. The number of carbonyl (C=O) groups excluding carboxylic acids is 1. The first-order valence-electron chi connectivity index (χ1n) is 10.1. The van der Waals surface area contributed by atoms with E-state index in [9.17, 15) is 4.79 Å². The Morgan fingerprint density at radius 3 is 2.62 bits per heavy atom. The first-order valence-corrected chi connectivity index (χ1v) is 11.0. The van der Waals surface area contributed by atoms with Crippen LogP contribution in [0, 0.1) is 5.82 Å². The second-order valence-corrected chi connectivity index (χ2v) is 8.40. The Hall–Kier alpha value is -3.18. The Kier molecular flexibility index (Phi) is 6.28. The number of hydrogen-bond acceptors (Lipinski definition) is 9. The number of thiophene rings is 1. The summed E-state index contributed by atoms with van der Waals surface area (Å²) < 4.78 is 25.3. The van der Waals surface area contributed by atoms with Gasteiger partial charge in [0.05, 0.1) is 14.2 Å². The van der Waals surface area contributed by atoms with E-state index in [1.165, 1.54) is 14.2 Å². The Balaban J connectivity index is 1.49. The standard InChI is InChI=1S/C21H25FN6O3S/c1-30-14-10-12-18(17(22)19(14)31-2)25-21(26-20(12)24)28-7-5-27(6-8-28)16(29)11-13(23)15-4-3-9-32-15/h3-4,9-10,13H,5-8,11,23H2,1-2H3,(H2,24,25,26)/t13-/m1/s1. The summed E-state index contributed by atoms with van der Waals surface area (Å²) in [7, 11) is 2.78. The number of ether oxygens (including phenoxy) is 2. The van der Waals surface area contributed by atoms with Gasteiger partial charge in [0.15, 0.2) is 17.3 Å². The lowest BCUT2D eigenvalue weighted by molar-refractivity contribution is -0.131. The molecule has 0 radical (unpaired) electrons. The molecule has 0 aliphatic carbocycles. The number of amides is 1. The first kappa shape index (κ1) is 22.0. The molecule has 1 saturated heterocycles. The zero-order chi connectivity index (χ0) is 22.8. The van der Waals surface area contributed by atoms with Gasteiger partial charge in [-0.05, 0) is 17.5 Å². The average molecular weight is 461 g/mol. The summed E-state index contributed by atoms with van der Waals surface area (Å²) in [6, 6.07) is 5.11. The van der Waals surface area contributed by atoms with Gasteiger partial charge in [-0.3, -0.25) is 4.79 Å². The third-order valence-corrected chi connectivity index (χ3v) is 6.52. The van der Waals surface area contributed by atoms with Gasteiger partial charge < -0.3 is 30.7 Å². The SMILES string of the molecule is COc1cc2c(N)nc(N3CCN(C(=O)C[C@@H](N)c4cccs4)CC3)nc2c(F)c1OC. The van der Waals surface area contributed by atoms with E-state index in [-0.39, 0.29) is 41.2 Å². The van der Waals surface area contributed by atoms with Crippen LogP contribution in [-0.4, -0.2) is 61.2 Å². The molecule has 0 saturated carbocycles. The molecule has 1 amide bonds. The number of fused-ring (bicyclic) bond motifs is 1. The van der Waals surface area contributed by atoms with Crippen molar-refractivity contribution in [3.8, 4) is 11.5 Å². The van der Waals surface area contributed by atoms with Crippen LogP contribution in [0.3, 0.4) is 0 Å². The van der Waals surface area contributed by atoms with Crippen LogP contribution in [0.2, 0.25) is 0 Å². The van der Waals surface area contributed by atoms with E-state index in [0.29, 0.717) is 37.5 Å². The van der Waals surface area contributed by atoms with Crippen LogP contribution >= 0.6 is 11.3 Å². The third-order valence-electron chi connectivity index (χ3n) is 5.51. The van der Waals surface area contributed by atoms with Crippen LogP contribution in [0.15, 0.2) is 23.6 Å². The quantitative estimate of drug-likeness (QED) is 0.574. The maximum absolute atomic E-state index is 15.0. The van der Waals surface area contributed by atoms with Crippen LogP contribution in [0.5, 0.6) is 11.5 Å². The van der Waals surface area contributed by atoms with Crippen molar-refractivity contribution in [1.82, 2.24) is 14.9 Å². The van der Waals surface area contributed by atoms with Crippen molar-refractivity contribution in [3.05, 3.63) is 34.3 Å². The molecule has 2 aromatic heterocycles. The maximum Gasteiger partial charge on any atom is 0.228 e. The lowest BCUT2D eigenvalue weighted by atomic mass is 10.1. The summed E-state index contributed by atoms with van der Waals surface area (Å²) in [5.74, 6) is -0.0234. The van der Waals surface area contributed by atoms with Gasteiger partial charge in [-0.1, -0.05) is 6.07 Å². The predicted octanol–water partition coefficient (Wildman–Crippen LogP) is 2.17. The van der Waals surface area contributed by atoms with Crippen molar-refractivity contribution in [1.29, 1.82) is 0 Å². The van der Waals surface area contributed by atoms with E-state index in [4.69, 9.17) is 20.9 Å². The molecule has 0 spiro atoms. The van der Waals surface area contributed by atoms with E-state index in [2.05, 4.69) is 9.97 Å². The number of methoxy groups -OCH3 is 2. The van der Waals surface area contributed by atoms with Gasteiger partial charge in [-0.2, -0.15) is 4.98 Å². The van der Waals surface area contributed by atoms with Crippen LogP contribution in [0.25, 0.3) is 10.9 Å². The summed E-state index contributed by atoms with van der Waals surface area (Å²) >= 11 is 1.55. The Bertz CT molecular complexity index is 1120.